The second-order valence-corrected chi connectivity index (χ2v) is 12.5. The van der Waals surface area contributed by atoms with Crippen molar-refractivity contribution in [1.29, 1.82) is 0 Å². The van der Waals surface area contributed by atoms with E-state index in [9.17, 15) is 4.79 Å². The van der Waals surface area contributed by atoms with Crippen LogP contribution in [0.5, 0.6) is 0 Å². The van der Waals surface area contributed by atoms with Gasteiger partial charge in [-0.05, 0) is 13.0 Å². The quantitative estimate of drug-likeness (QED) is 0.274. The molecule has 0 radical (unpaired) electrons. The monoisotopic (exact) mass is 296 g/mol. The molecule has 0 aromatic carbocycles. The summed E-state index contributed by atoms with van der Waals surface area (Å²) in [6.07, 6.45) is 5.86. The van der Waals surface area contributed by atoms with E-state index in [0.717, 1.165) is 6.04 Å². The number of carbonyl (C=O) groups is 1. The first-order valence-electron chi connectivity index (χ1n) is 7.65. The molecule has 0 bridgehead atoms. The van der Waals surface area contributed by atoms with Gasteiger partial charge in [-0.25, -0.2) is 4.79 Å². The lowest BCUT2D eigenvalue weighted by atomic mass is 10.2. The van der Waals surface area contributed by atoms with Crippen molar-refractivity contribution in [3.05, 3.63) is 23.8 Å². The number of carbonyl (C=O) groups excluding carboxylic acids is 1. The molecule has 0 saturated heterocycles. The summed E-state index contributed by atoms with van der Waals surface area (Å²) >= 11 is 0. The lowest BCUT2D eigenvalue weighted by Crippen LogP contribution is -2.43. The van der Waals surface area contributed by atoms with Crippen molar-refractivity contribution in [3.63, 3.8) is 0 Å². The van der Waals surface area contributed by atoms with Crippen molar-refractivity contribution in [2.24, 2.45) is 0 Å². The van der Waals surface area contributed by atoms with Gasteiger partial charge in [-0.15, -0.1) is 0 Å². The zero-order valence-electron chi connectivity index (χ0n) is 14.5. The summed E-state index contributed by atoms with van der Waals surface area (Å²) in [6.45, 7) is 16.0. The van der Waals surface area contributed by atoms with E-state index in [2.05, 4.69) is 47.6 Å². The molecule has 3 heteroatoms. The fourth-order valence-electron chi connectivity index (χ4n) is 3.51. The van der Waals surface area contributed by atoms with Gasteiger partial charge >= 0.3 is 5.97 Å². The minimum atomic E-state index is -1.50. The molecule has 20 heavy (non-hydrogen) atoms. The summed E-state index contributed by atoms with van der Waals surface area (Å²) in [6, 6.07) is 1.04. The summed E-state index contributed by atoms with van der Waals surface area (Å²) in [7, 11) is -0.0539. The maximum Gasteiger partial charge on any atom is 0.337 e. The normalized spacial score (nSPS) is 13.8. The Balaban J connectivity index is 5.51. The molecule has 0 N–H and O–H groups in total. The van der Waals surface area contributed by atoms with Gasteiger partial charge in [-0.3, -0.25) is 0 Å². The van der Waals surface area contributed by atoms with E-state index in [4.69, 9.17) is 4.74 Å². The topological polar surface area (TPSA) is 26.3 Å². The summed E-state index contributed by atoms with van der Waals surface area (Å²) < 4.78 is 4.87. The van der Waals surface area contributed by atoms with Crippen LogP contribution in [0.2, 0.25) is 22.7 Å². The molecule has 0 rings (SSSR count). The lowest BCUT2D eigenvalue weighted by Gasteiger charge is -2.42. The Bertz CT molecular complexity index is 343. The molecule has 2 nitrogen and oxygen atoms in total. The maximum atomic E-state index is 11.8. The molecule has 0 atom stereocenters. The molecule has 0 aliphatic heterocycles. The first kappa shape index (κ1) is 19.2. The van der Waals surface area contributed by atoms with Gasteiger partial charge in [0.15, 0.2) is 0 Å². The Morgan fingerprint density at radius 3 is 1.80 bits per heavy atom. The third kappa shape index (κ3) is 4.34. The van der Waals surface area contributed by atoms with E-state index < -0.39 is 8.07 Å². The van der Waals surface area contributed by atoms with Crippen molar-refractivity contribution in [2.75, 3.05) is 7.11 Å². The Labute approximate surface area is 126 Å². The molecule has 0 aliphatic carbocycles. The van der Waals surface area contributed by atoms with Crippen LogP contribution in [0.15, 0.2) is 23.8 Å². The smallest absolute Gasteiger partial charge is 0.337 e. The number of esters is 1. The van der Waals surface area contributed by atoms with E-state index in [1.54, 1.807) is 0 Å². The second kappa shape index (κ2) is 8.45. The Hall–Kier alpha value is -0.833. The molecule has 0 heterocycles. The number of methoxy groups -OCH3 is 1. The highest BCUT2D eigenvalue weighted by Crippen LogP contribution is 2.44. The van der Waals surface area contributed by atoms with Crippen LogP contribution < -0.4 is 0 Å². The van der Waals surface area contributed by atoms with Crippen molar-refractivity contribution < 1.29 is 9.53 Å². The standard InChI is InChI=1S/C17H32O2Si/c1-9-10-16(17(18)19-8)11-12-20(13(2)3,14(4)5)15(6)7/h9-11,13-15H,12H2,1-8H3/b10-9+,16-11-. The molecule has 0 aliphatic rings. The van der Waals surface area contributed by atoms with Gasteiger partial charge < -0.3 is 4.74 Å². The van der Waals surface area contributed by atoms with E-state index >= 15 is 0 Å². The van der Waals surface area contributed by atoms with Gasteiger partial charge in [0.2, 0.25) is 0 Å². The molecule has 0 unspecified atom stereocenters. The molecule has 0 amide bonds. The Kier molecular flexibility index (Phi) is 8.10. The molecular formula is C17H32O2Si. The van der Waals surface area contributed by atoms with E-state index in [-0.39, 0.29) is 5.97 Å². The largest absolute Gasteiger partial charge is 0.465 e. The number of hydrogen-bond donors (Lipinski definition) is 0. The molecule has 0 spiro atoms. The van der Waals surface area contributed by atoms with Crippen LogP contribution in [0, 0.1) is 0 Å². The fraction of sp³-hybridized carbons (Fsp3) is 0.706. The fourth-order valence-corrected chi connectivity index (χ4v) is 9.50. The highest BCUT2D eigenvalue weighted by Gasteiger charge is 2.41. The average molecular weight is 297 g/mol. The van der Waals surface area contributed by atoms with Crippen LogP contribution >= 0.6 is 0 Å². The SMILES string of the molecule is C/C=C/C(=C/C[Si](C(C)C)(C(C)C)C(C)C)C(=O)OC. The van der Waals surface area contributed by atoms with Crippen LogP contribution in [0.1, 0.15) is 48.5 Å². The van der Waals surface area contributed by atoms with Crippen molar-refractivity contribution in [2.45, 2.75) is 71.1 Å². The minimum Gasteiger partial charge on any atom is -0.465 e. The molecule has 0 fully saturated rings. The number of ether oxygens (including phenoxy) is 1. The predicted molar refractivity (Wildman–Crippen MR) is 90.8 cm³/mol. The van der Waals surface area contributed by atoms with Crippen LogP contribution in [0.25, 0.3) is 0 Å². The van der Waals surface area contributed by atoms with Crippen LogP contribution in [0.3, 0.4) is 0 Å². The third-order valence-electron chi connectivity index (χ3n) is 4.67. The first-order chi connectivity index (χ1) is 9.23. The van der Waals surface area contributed by atoms with E-state index in [1.807, 2.05) is 19.1 Å². The van der Waals surface area contributed by atoms with Gasteiger partial charge in [0.25, 0.3) is 0 Å². The molecular weight excluding hydrogens is 264 g/mol. The van der Waals surface area contributed by atoms with Gasteiger partial charge in [0.1, 0.15) is 0 Å². The Morgan fingerprint density at radius 2 is 1.50 bits per heavy atom. The number of allylic oxidation sites excluding steroid dienone is 2. The van der Waals surface area contributed by atoms with Gasteiger partial charge in [-0.1, -0.05) is 76.4 Å². The minimum absolute atomic E-state index is 0.234. The maximum absolute atomic E-state index is 11.8. The zero-order chi connectivity index (χ0) is 15.9. The highest BCUT2D eigenvalue weighted by molar-refractivity contribution is 6.83. The molecule has 116 valence electrons. The van der Waals surface area contributed by atoms with Gasteiger partial charge in [-0.2, -0.15) is 0 Å². The first-order valence-corrected chi connectivity index (χ1v) is 10.1. The Morgan fingerprint density at radius 1 is 1.05 bits per heavy atom. The summed E-state index contributed by atoms with van der Waals surface area (Å²) in [5.41, 5.74) is 2.78. The zero-order valence-corrected chi connectivity index (χ0v) is 15.5. The van der Waals surface area contributed by atoms with E-state index in [0.29, 0.717) is 22.2 Å². The lowest BCUT2D eigenvalue weighted by molar-refractivity contribution is -0.135. The molecule has 0 aromatic rings. The van der Waals surface area contributed by atoms with Gasteiger partial charge in [0.05, 0.1) is 20.8 Å². The molecule has 0 saturated carbocycles. The average Bonchev–Trinajstić information content (AvgIpc) is 2.35. The second-order valence-electron chi connectivity index (χ2n) is 6.43. The summed E-state index contributed by atoms with van der Waals surface area (Å²) in [5.74, 6) is -0.234. The van der Waals surface area contributed by atoms with Gasteiger partial charge in [0, 0.05) is 0 Å². The number of hydrogen-bond acceptors (Lipinski definition) is 2. The van der Waals surface area contributed by atoms with Crippen molar-refractivity contribution >= 4 is 14.0 Å². The van der Waals surface area contributed by atoms with Crippen molar-refractivity contribution in [3.8, 4) is 0 Å². The summed E-state index contributed by atoms with van der Waals surface area (Å²) in [4.78, 5) is 11.8. The van der Waals surface area contributed by atoms with Crippen LogP contribution in [-0.4, -0.2) is 21.2 Å². The van der Waals surface area contributed by atoms with E-state index in [1.165, 1.54) is 7.11 Å². The van der Waals surface area contributed by atoms with Crippen LogP contribution in [-0.2, 0) is 9.53 Å². The highest BCUT2D eigenvalue weighted by atomic mass is 28.3. The van der Waals surface area contributed by atoms with Crippen LogP contribution in [0.4, 0.5) is 0 Å². The molecule has 0 aromatic heterocycles. The summed E-state index contributed by atoms with van der Waals surface area (Å²) in [5, 5.41) is 0. The number of rotatable bonds is 7. The van der Waals surface area contributed by atoms with Crippen molar-refractivity contribution in [1.82, 2.24) is 0 Å². The predicted octanol–water partition coefficient (Wildman–Crippen LogP) is 5.34. The third-order valence-corrected chi connectivity index (χ3v) is 12.0.